The molecule has 4 heteroatoms. The zero-order chi connectivity index (χ0) is 11.8. The number of aromatic nitrogens is 2. The molecule has 1 unspecified atom stereocenters. The lowest BCUT2D eigenvalue weighted by atomic mass is 10.0. The Kier molecular flexibility index (Phi) is 6.16. The molecular formula is C12H20ClN3. The van der Waals surface area contributed by atoms with Gasteiger partial charge >= 0.3 is 0 Å². The first kappa shape index (κ1) is 13.2. The van der Waals surface area contributed by atoms with Crippen LogP contribution in [0, 0.1) is 12.8 Å². The van der Waals surface area contributed by atoms with Crippen LogP contribution in [0.1, 0.15) is 31.9 Å². The van der Waals surface area contributed by atoms with Crippen molar-refractivity contribution in [2.24, 2.45) is 5.92 Å². The van der Waals surface area contributed by atoms with Gasteiger partial charge in [0, 0.05) is 24.3 Å². The van der Waals surface area contributed by atoms with Gasteiger partial charge < -0.3 is 5.32 Å². The Morgan fingerprint density at radius 3 is 2.88 bits per heavy atom. The molecule has 1 heterocycles. The third-order valence-corrected chi connectivity index (χ3v) is 2.78. The fourth-order valence-corrected chi connectivity index (χ4v) is 1.99. The molecule has 1 N–H and O–H groups in total. The molecule has 0 spiro atoms. The van der Waals surface area contributed by atoms with Crippen LogP contribution < -0.4 is 5.32 Å². The normalized spacial score (nSPS) is 12.4. The number of rotatable bonds is 7. The Morgan fingerprint density at radius 1 is 1.44 bits per heavy atom. The van der Waals surface area contributed by atoms with Crippen LogP contribution in [0.4, 0.5) is 5.95 Å². The van der Waals surface area contributed by atoms with E-state index in [-0.39, 0.29) is 0 Å². The smallest absolute Gasteiger partial charge is 0.222 e. The van der Waals surface area contributed by atoms with Crippen LogP contribution in [0.3, 0.4) is 0 Å². The number of alkyl halides is 1. The van der Waals surface area contributed by atoms with Crippen molar-refractivity contribution in [3.63, 3.8) is 0 Å². The molecule has 1 atom stereocenters. The molecule has 3 nitrogen and oxygen atoms in total. The minimum Gasteiger partial charge on any atom is -0.354 e. The van der Waals surface area contributed by atoms with Gasteiger partial charge in [0.05, 0.1) is 0 Å². The number of nitrogens with zero attached hydrogens (tertiary/aromatic N) is 2. The van der Waals surface area contributed by atoms with Gasteiger partial charge in [-0.05, 0) is 31.7 Å². The van der Waals surface area contributed by atoms with Crippen molar-refractivity contribution in [2.75, 3.05) is 17.7 Å². The molecule has 0 amide bonds. The Labute approximate surface area is 103 Å². The fraction of sp³-hybridized carbons (Fsp3) is 0.667. The second kappa shape index (κ2) is 7.44. The summed E-state index contributed by atoms with van der Waals surface area (Å²) in [6.07, 6.45) is 5.22. The minimum absolute atomic E-state index is 0.617. The lowest BCUT2D eigenvalue weighted by Crippen LogP contribution is -2.16. The number of hydrogen-bond acceptors (Lipinski definition) is 3. The molecule has 0 aliphatic rings. The highest BCUT2D eigenvalue weighted by atomic mass is 35.5. The largest absolute Gasteiger partial charge is 0.354 e. The van der Waals surface area contributed by atoms with E-state index in [2.05, 4.69) is 22.2 Å². The highest BCUT2D eigenvalue weighted by molar-refractivity contribution is 6.17. The quantitative estimate of drug-likeness (QED) is 0.745. The van der Waals surface area contributed by atoms with Crippen molar-refractivity contribution in [3.05, 3.63) is 18.0 Å². The van der Waals surface area contributed by atoms with Crippen LogP contribution >= 0.6 is 11.6 Å². The van der Waals surface area contributed by atoms with Crippen LogP contribution in [0.5, 0.6) is 0 Å². The van der Waals surface area contributed by atoms with Crippen molar-refractivity contribution < 1.29 is 0 Å². The van der Waals surface area contributed by atoms with E-state index in [1.165, 1.54) is 12.8 Å². The Hall–Kier alpha value is -0.830. The maximum absolute atomic E-state index is 5.78. The van der Waals surface area contributed by atoms with Crippen molar-refractivity contribution in [1.29, 1.82) is 0 Å². The summed E-state index contributed by atoms with van der Waals surface area (Å²) in [6, 6.07) is 1.90. The summed E-state index contributed by atoms with van der Waals surface area (Å²) in [6.45, 7) is 5.07. The number of nitrogens with one attached hydrogen (secondary N) is 1. The average Bonchev–Trinajstić information content (AvgIpc) is 2.27. The van der Waals surface area contributed by atoms with E-state index in [1.54, 1.807) is 6.20 Å². The van der Waals surface area contributed by atoms with Crippen molar-refractivity contribution in [2.45, 2.75) is 33.1 Å². The van der Waals surface area contributed by atoms with Crippen LogP contribution in [0.15, 0.2) is 12.3 Å². The third kappa shape index (κ3) is 4.79. The molecule has 0 bridgehead atoms. The predicted octanol–water partition coefficient (Wildman–Crippen LogP) is 3.24. The summed E-state index contributed by atoms with van der Waals surface area (Å²) >= 11 is 5.78. The fourth-order valence-electron chi connectivity index (χ4n) is 1.68. The zero-order valence-electron chi connectivity index (χ0n) is 10.0. The van der Waals surface area contributed by atoms with Gasteiger partial charge in [-0.25, -0.2) is 9.97 Å². The van der Waals surface area contributed by atoms with E-state index < -0.39 is 0 Å². The van der Waals surface area contributed by atoms with Crippen LogP contribution in [0.25, 0.3) is 0 Å². The Morgan fingerprint density at radius 2 is 2.25 bits per heavy atom. The molecule has 0 aromatic carbocycles. The van der Waals surface area contributed by atoms with Crippen LogP contribution in [-0.2, 0) is 0 Å². The van der Waals surface area contributed by atoms with E-state index >= 15 is 0 Å². The van der Waals surface area contributed by atoms with Gasteiger partial charge in [0.15, 0.2) is 0 Å². The lowest BCUT2D eigenvalue weighted by molar-refractivity contribution is 0.489. The SMILES string of the molecule is CCCC(CCCl)CNc1nccc(C)n1. The molecule has 0 radical (unpaired) electrons. The number of hydrogen-bond donors (Lipinski definition) is 1. The summed E-state index contributed by atoms with van der Waals surface area (Å²) in [5.41, 5.74) is 0.988. The number of anilines is 1. The van der Waals surface area contributed by atoms with Gasteiger partial charge in [0.25, 0.3) is 0 Å². The first-order chi connectivity index (χ1) is 7.76. The summed E-state index contributed by atoms with van der Waals surface area (Å²) in [5, 5.41) is 3.27. The standard InChI is InChI=1S/C12H20ClN3/c1-3-4-11(5-7-13)9-15-12-14-8-6-10(2)16-12/h6,8,11H,3-5,7,9H2,1-2H3,(H,14,15,16). The van der Waals surface area contributed by atoms with E-state index in [1.807, 2.05) is 13.0 Å². The maximum Gasteiger partial charge on any atom is 0.222 e. The van der Waals surface area contributed by atoms with Gasteiger partial charge in [0.1, 0.15) is 0 Å². The molecule has 0 saturated heterocycles. The van der Waals surface area contributed by atoms with Gasteiger partial charge in [-0.3, -0.25) is 0 Å². The first-order valence-electron chi connectivity index (χ1n) is 5.85. The van der Waals surface area contributed by atoms with Gasteiger partial charge in [-0.15, -0.1) is 11.6 Å². The second-order valence-electron chi connectivity index (χ2n) is 4.03. The van der Waals surface area contributed by atoms with Gasteiger partial charge in [-0.1, -0.05) is 13.3 Å². The maximum atomic E-state index is 5.78. The van der Waals surface area contributed by atoms with E-state index in [0.29, 0.717) is 5.92 Å². The summed E-state index contributed by atoms with van der Waals surface area (Å²) < 4.78 is 0. The molecule has 0 saturated carbocycles. The van der Waals surface area contributed by atoms with Crippen molar-refractivity contribution >= 4 is 17.5 Å². The number of aryl methyl sites for hydroxylation is 1. The molecule has 0 aliphatic heterocycles. The summed E-state index contributed by atoms with van der Waals surface area (Å²) in [7, 11) is 0. The third-order valence-electron chi connectivity index (χ3n) is 2.56. The molecule has 0 fully saturated rings. The van der Waals surface area contributed by atoms with Crippen molar-refractivity contribution in [3.8, 4) is 0 Å². The molecule has 0 aliphatic carbocycles. The molecule has 1 aromatic rings. The summed E-state index contributed by atoms with van der Waals surface area (Å²) in [5.74, 6) is 2.06. The first-order valence-corrected chi connectivity index (χ1v) is 6.39. The van der Waals surface area contributed by atoms with Crippen LogP contribution in [-0.4, -0.2) is 22.4 Å². The molecule has 1 rings (SSSR count). The average molecular weight is 242 g/mol. The minimum atomic E-state index is 0.617. The topological polar surface area (TPSA) is 37.8 Å². The van der Waals surface area contributed by atoms with Gasteiger partial charge in [0.2, 0.25) is 5.95 Å². The summed E-state index contributed by atoms with van der Waals surface area (Å²) in [4.78, 5) is 8.49. The number of halogens is 1. The van der Waals surface area contributed by atoms with E-state index in [9.17, 15) is 0 Å². The molecular weight excluding hydrogens is 222 g/mol. The van der Waals surface area contributed by atoms with E-state index in [0.717, 1.165) is 30.5 Å². The highest BCUT2D eigenvalue weighted by Crippen LogP contribution is 2.12. The molecule has 1 aromatic heterocycles. The van der Waals surface area contributed by atoms with E-state index in [4.69, 9.17) is 11.6 Å². The zero-order valence-corrected chi connectivity index (χ0v) is 10.8. The Bertz CT molecular complexity index is 298. The van der Waals surface area contributed by atoms with Crippen LogP contribution in [0.2, 0.25) is 0 Å². The monoisotopic (exact) mass is 241 g/mol. The van der Waals surface area contributed by atoms with Crippen molar-refractivity contribution in [1.82, 2.24) is 9.97 Å². The molecule has 16 heavy (non-hydrogen) atoms. The Balaban J connectivity index is 2.41. The lowest BCUT2D eigenvalue weighted by Gasteiger charge is -2.15. The molecule has 90 valence electrons. The highest BCUT2D eigenvalue weighted by Gasteiger charge is 2.07. The van der Waals surface area contributed by atoms with Gasteiger partial charge in [-0.2, -0.15) is 0 Å². The predicted molar refractivity (Wildman–Crippen MR) is 69.0 cm³/mol. The second-order valence-corrected chi connectivity index (χ2v) is 4.41.